The van der Waals surface area contributed by atoms with Gasteiger partial charge in [-0.3, -0.25) is 4.79 Å². The normalized spacial score (nSPS) is 10.2. The number of hydrogen-bond acceptors (Lipinski definition) is 2. The lowest BCUT2D eigenvalue weighted by Gasteiger charge is -2.06. The van der Waals surface area contributed by atoms with E-state index in [2.05, 4.69) is 5.32 Å². The standard InChI is InChI=1S/C16H18N2O/c1-2-3-16(19)18-15-10-6-13(7-11-15)12-4-8-14(17)9-5-12/h4-11H,2-3,17H2,1H3,(H,18,19). The van der Waals surface area contributed by atoms with E-state index in [9.17, 15) is 4.79 Å². The van der Waals surface area contributed by atoms with E-state index in [-0.39, 0.29) is 5.91 Å². The Morgan fingerprint density at radius 3 is 2.05 bits per heavy atom. The number of amides is 1. The average molecular weight is 254 g/mol. The second-order valence-corrected chi connectivity index (χ2v) is 4.50. The van der Waals surface area contributed by atoms with Gasteiger partial charge in [0, 0.05) is 17.8 Å². The average Bonchev–Trinajstić information content (AvgIpc) is 2.41. The maximum absolute atomic E-state index is 11.5. The minimum atomic E-state index is 0.0581. The van der Waals surface area contributed by atoms with Crippen LogP contribution in [0.3, 0.4) is 0 Å². The van der Waals surface area contributed by atoms with Crippen molar-refractivity contribution < 1.29 is 4.79 Å². The number of anilines is 2. The summed E-state index contributed by atoms with van der Waals surface area (Å²) in [5, 5.41) is 2.87. The second-order valence-electron chi connectivity index (χ2n) is 4.50. The molecule has 1 amide bonds. The molecule has 3 N–H and O–H groups in total. The van der Waals surface area contributed by atoms with Gasteiger partial charge in [0.15, 0.2) is 0 Å². The van der Waals surface area contributed by atoms with Crippen LogP contribution in [0.25, 0.3) is 11.1 Å². The fourth-order valence-corrected chi connectivity index (χ4v) is 1.87. The van der Waals surface area contributed by atoms with Gasteiger partial charge in [0.25, 0.3) is 0 Å². The summed E-state index contributed by atoms with van der Waals surface area (Å²) in [7, 11) is 0. The fraction of sp³-hybridized carbons (Fsp3) is 0.188. The van der Waals surface area contributed by atoms with Gasteiger partial charge in [0.05, 0.1) is 0 Å². The van der Waals surface area contributed by atoms with Gasteiger partial charge in [-0.2, -0.15) is 0 Å². The predicted octanol–water partition coefficient (Wildman–Crippen LogP) is 3.67. The minimum Gasteiger partial charge on any atom is -0.399 e. The lowest BCUT2D eigenvalue weighted by atomic mass is 10.1. The van der Waals surface area contributed by atoms with Gasteiger partial charge in [0.1, 0.15) is 0 Å². The first-order valence-corrected chi connectivity index (χ1v) is 6.45. The van der Waals surface area contributed by atoms with Crippen molar-refractivity contribution in [1.29, 1.82) is 0 Å². The van der Waals surface area contributed by atoms with Gasteiger partial charge in [-0.1, -0.05) is 31.2 Å². The number of nitrogens with one attached hydrogen (secondary N) is 1. The molecule has 0 aliphatic rings. The van der Waals surface area contributed by atoms with Crippen molar-refractivity contribution in [2.75, 3.05) is 11.1 Å². The summed E-state index contributed by atoms with van der Waals surface area (Å²) in [5.74, 6) is 0.0581. The molecule has 0 heterocycles. The monoisotopic (exact) mass is 254 g/mol. The molecule has 3 heteroatoms. The highest BCUT2D eigenvalue weighted by Gasteiger charge is 2.01. The molecule has 98 valence electrons. The topological polar surface area (TPSA) is 55.1 Å². The molecule has 2 rings (SSSR count). The van der Waals surface area contributed by atoms with E-state index < -0.39 is 0 Å². The Balaban J connectivity index is 2.10. The maximum Gasteiger partial charge on any atom is 0.224 e. The van der Waals surface area contributed by atoms with Crippen LogP contribution in [-0.2, 0) is 4.79 Å². The van der Waals surface area contributed by atoms with Crippen LogP contribution < -0.4 is 11.1 Å². The predicted molar refractivity (Wildman–Crippen MR) is 79.8 cm³/mol. The molecular weight excluding hydrogens is 236 g/mol. The molecule has 0 aromatic heterocycles. The van der Waals surface area contributed by atoms with E-state index in [1.165, 1.54) is 0 Å². The van der Waals surface area contributed by atoms with Crippen molar-refractivity contribution in [3.63, 3.8) is 0 Å². The number of rotatable bonds is 4. The van der Waals surface area contributed by atoms with Crippen molar-refractivity contribution >= 4 is 17.3 Å². The molecule has 0 unspecified atom stereocenters. The summed E-state index contributed by atoms with van der Waals surface area (Å²) < 4.78 is 0. The molecule has 0 aliphatic carbocycles. The second kappa shape index (κ2) is 6.05. The summed E-state index contributed by atoms with van der Waals surface area (Å²) in [6.07, 6.45) is 1.41. The molecule has 0 radical (unpaired) electrons. The van der Waals surface area contributed by atoms with Gasteiger partial charge < -0.3 is 11.1 Å². The van der Waals surface area contributed by atoms with E-state index in [0.29, 0.717) is 6.42 Å². The number of hydrogen-bond donors (Lipinski definition) is 2. The summed E-state index contributed by atoms with van der Waals surface area (Å²) in [4.78, 5) is 11.5. The molecule has 0 aliphatic heterocycles. The molecule has 19 heavy (non-hydrogen) atoms. The molecule has 2 aromatic rings. The highest BCUT2D eigenvalue weighted by molar-refractivity contribution is 5.90. The third-order valence-electron chi connectivity index (χ3n) is 2.89. The molecule has 3 nitrogen and oxygen atoms in total. The van der Waals surface area contributed by atoms with Gasteiger partial charge >= 0.3 is 0 Å². The van der Waals surface area contributed by atoms with Crippen LogP contribution >= 0.6 is 0 Å². The zero-order chi connectivity index (χ0) is 13.7. The van der Waals surface area contributed by atoms with Gasteiger partial charge in [-0.05, 0) is 41.8 Å². The summed E-state index contributed by atoms with van der Waals surface area (Å²) in [6, 6.07) is 15.6. The van der Waals surface area contributed by atoms with E-state index in [1.54, 1.807) is 0 Å². The van der Waals surface area contributed by atoms with Crippen LogP contribution in [-0.4, -0.2) is 5.91 Å². The summed E-state index contributed by atoms with van der Waals surface area (Å²) in [5.41, 5.74) is 9.47. The van der Waals surface area contributed by atoms with E-state index >= 15 is 0 Å². The van der Waals surface area contributed by atoms with Gasteiger partial charge in [-0.15, -0.1) is 0 Å². The Morgan fingerprint density at radius 1 is 1.00 bits per heavy atom. The zero-order valence-electron chi connectivity index (χ0n) is 11.0. The number of benzene rings is 2. The third-order valence-corrected chi connectivity index (χ3v) is 2.89. The quantitative estimate of drug-likeness (QED) is 0.818. The molecule has 2 aromatic carbocycles. The van der Waals surface area contributed by atoms with Crippen molar-refractivity contribution in [2.45, 2.75) is 19.8 Å². The maximum atomic E-state index is 11.5. The Bertz CT molecular complexity index is 544. The van der Waals surface area contributed by atoms with E-state index in [4.69, 9.17) is 5.73 Å². The van der Waals surface area contributed by atoms with Crippen LogP contribution in [0.1, 0.15) is 19.8 Å². The number of nitrogens with two attached hydrogens (primary N) is 1. The Hall–Kier alpha value is -2.29. The molecule has 0 saturated carbocycles. The van der Waals surface area contributed by atoms with Crippen molar-refractivity contribution in [2.24, 2.45) is 0 Å². The molecule has 0 spiro atoms. The molecule has 0 bridgehead atoms. The lowest BCUT2D eigenvalue weighted by molar-refractivity contribution is -0.116. The van der Waals surface area contributed by atoms with Crippen LogP contribution in [0, 0.1) is 0 Å². The van der Waals surface area contributed by atoms with Crippen molar-refractivity contribution in [3.8, 4) is 11.1 Å². The van der Waals surface area contributed by atoms with Crippen molar-refractivity contribution in [3.05, 3.63) is 48.5 Å². The van der Waals surface area contributed by atoms with Crippen LogP contribution in [0.15, 0.2) is 48.5 Å². The Kier molecular flexibility index (Phi) is 4.18. The smallest absolute Gasteiger partial charge is 0.224 e. The molecule has 0 atom stereocenters. The molecule has 0 fully saturated rings. The first-order valence-electron chi connectivity index (χ1n) is 6.45. The SMILES string of the molecule is CCCC(=O)Nc1ccc(-c2ccc(N)cc2)cc1. The fourth-order valence-electron chi connectivity index (χ4n) is 1.87. The minimum absolute atomic E-state index is 0.0581. The molecule has 0 saturated heterocycles. The van der Waals surface area contributed by atoms with Crippen LogP contribution in [0.4, 0.5) is 11.4 Å². The van der Waals surface area contributed by atoms with E-state index in [0.717, 1.165) is 28.9 Å². The van der Waals surface area contributed by atoms with Gasteiger partial charge in [-0.25, -0.2) is 0 Å². The first-order chi connectivity index (χ1) is 9.19. The summed E-state index contributed by atoms with van der Waals surface area (Å²) in [6.45, 7) is 1.99. The highest BCUT2D eigenvalue weighted by Crippen LogP contribution is 2.22. The number of carbonyl (C=O) groups excluding carboxylic acids is 1. The van der Waals surface area contributed by atoms with Crippen LogP contribution in [0.5, 0.6) is 0 Å². The first kappa shape index (κ1) is 13.1. The van der Waals surface area contributed by atoms with Crippen molar-refractivity contribution in [1.82, 2.24) is 0 Å². The van der Waals surface area contributed by atoms with E-state index in [1.807, 2.05) is 55.5 Å². The zero-order valence-corrected chi connectivity index (χ0v) is 11.0. The molecular formula is C16H18N2O. The third kappa shape index (κ3) is 3.58. The highest BCUT2D eigenvalue weighted by atomic mass is 16.1. The van der Waals surface area contributed by atoms with Crippen LogP contribution in [0.2, 0.25) is 0 Å². The summed E-state index contributed by atoms with van der Waals surface area (Å²) >= 11 is 0. The lowest BCUT2D eigenvalue weighted by Crippen LogP contribution is -2.10. The Morgan fingerprint density at radius 2 is 1.53 bits per heavy atom. The number of carbonyl (C=O) groups is 1. The Labute approximate surface area is 113 Å². The number of nitrogen functional groups attached to an aromatic ring is 1. The largest absolute Gasteiger partial charge is 0.399 e. The van der Waals surface area contributed by atoms with Gasteiger partial charge in [0.2, 0.25) is 5.91 Å².